The zero-order valence-electron chi connectivity index (χ0n) is 22.4. The van der Waals surface area contributed by atoms with Crippen LogP contribution in [0.5, 0.6) is 5.75 Å². The summed E-state index contributed by atoms with van der Waals surface area (Å²) in [6, 6.07) is 22.1. The van der Waals surface area contributed by atoms with Gasteiger partial charge in [0.25, 0.3) is 5.91 Å². The first kappa shape index (κ1) is 28.6. The van der Waals surface area contributed by atoms with Crippen LogP contribution in [0.4, 0.5) is 5.69 Å². The van der Waals surface area contributed by atoms with E-state index in [4.69, 9.17) is 24.3 Å². The van der Waals surface area contributed by atoms with Crippen LogP contribution in [0.3, 0.4) is 0 Å². The lowest BCUT2D eigenvalue weighted by Crippen LogP contribution is -2.54. The molecule has 3 aromatic rings. The molecule has 2 atom stereocenters. The molecule has 3 aromatic carbocycles. The quantitative estimate of drug-likeness (QED) is 0.138. The van der Waals surface area contributed by atoms with Crippen molar-refractivity contribution in [2.24, 2.45) is 10.1 Å². The number of aliphatic hydroxyl groups is 1. The van der Waals surface area contributed by atoms with E-state index in [-0.39, 0.29) is 18.9 Å². The third-order valence-electron chi connectivity index (χ3n) is 7.09. The topological polar surface area (TPSA) is 129 Å². The fourth-order valence-corrected chi connectivity index (χ4v) is 5.49. The molecule has 0 aliphatic carbocycles. The summed E-state index contributed by atoms with van der Waals surface area (Å²) in [4.78, 5) is 24.5. The Labute approximate surface area is 246 Å². The first-order valence-electron chi connectivity index (χ1n) is 13.4. The molecule has 1 N–H and O–H groups in total. The van der Waals surface area contributed by atoms with Crippen molar-refractivity contribution in [3.05, 3.63) is 104 Å². The second kappa shape index (κ2) is 13.2. The average Bonchev–Trinajstić information content (AvgIpc) is 3.39. The molecule has 0 unspecified atom stereocenters. The van der Waals surface area contributed by atoms with Gasteiger partial charge in [-0.05, 0) is 41.4 Å². The summed E-state index contributed by atoms with van der Waals surface area (Å²) in [5.74, 6) is 0.771. The molecule has 5 rings (SSSR count). The van der Waals surface area contributed by atoms with Gasteiger partial charge in [-0.1, -0.05) is 63.5 Å². The number of aliphatic hydroxyl groups excluding tert-OH is 1. The summed E-state index contributed by atoms with van der Waals surface area (Å²) in [5, 5.41) is 13.0. The molecule has 10 nitrogen and oxygen atoms in total. The minimum absolute atomic E-state index is 0.0538. The van der Waals surface area contributed by atoms with Gasteiger partial charge in [0.15, 0.2) is 11.6 Å². The van der Waals surface area contributed by atoms with Crippen molar-refractivity contribution in [1.82, 2.24) is 4.90 Å². The van der Waals surface area contributed by atoms with Crippen molar-refractivity contribution < 1.29 is 24.1 Å². The number of nitrogens with zero attached hydrogens (tertiary/aromatic N) is 5. The number of benzene rings is 3. The number of aliphatic imine (C=N–C) groups is 1. The number of morpholine rings is 1. The largest absolute Gasteiger partial charge is 0.494 e. The van der Waals surface area contributed by atoms with Gasteiger partial charge in [0.05, 0.1) is 19.8 Å². The van der Waals surface area contributed by atoms with Crippen LogP contribution in [-0.4, -0.2) is 66.9 Å². The molecule has 0 saturated carbocycles. The highest BCUT2D eigenvalue weighted by molar-refractivity contribution is 9.10. The molecule has 0 radical (unpaired) electrons. The van der Waals surface area contributed by atoms with Gasteiger partial charge in [-0.3, -0.25) is 4.79 Å². The number of halogens is 1. The van der Waals surface area contributed by atoms with E-state index < -0.39 is 11.6 Å². The van der Waals surface area contributed by atoms with E-state index in [9.17, 15) is 10.3 Å². The maximum atomic E-state index is 14.6. The van der Waals surface area contributed by atoms with Crippen molar-refractivity contribution in [2.75, 3.05) is 39.5 Å². The maximum absolute atomic E-state index is 14.6. The molecule has 41 heavy (non-hydrogen) atoms. The van der Waals surface area contributed by atoms with E-state index in [1.165, 1.54) is 0 Å². The second-order valence-electron chi connectivity index (χ2n) is 9.71. The van der Waals surface area contributed by atoms with E-state index in [1.54, 1.807) is 29.2 Å². The Morgan fingerprint density at radius 3 is 2.59 bits per heavy atom. The van der Waals surface area contributed by atoms with E-state index in [0.717, 1.165) is 10.0 Å². The Kier molecular flexibility index (Phi) is 9.21. The summed E-state index contributed by atoms with van der Waals surface area (Å²) < 4.78 is 18.7. The van der Waals surface area contributed by atoms with Gasteiger partial charge < -0.3 is 24.2 Å². The molecular weight excluding hydrogens is 590 g/mol. The molecule has 212 valence electrons. The lowest BCUT2D eigenvalue weighted by molar-refractivity contribution is -0.143. The Hall–Kier alpha value is -3.89. The standard InChI is InChI=1S/C30H30BrN5O5/c31-25-8-3-1-6-22(25)20-30(29(38)36-14-18-39-19-15-36)27(24-7-2-4-9-26(24)34-35-32)41-28(33-30)21-10-12-23(13-11-21)40-17-5-16-37/h1-4,6-13,27,37H,5,14-20H2/t27-,30-/m1/s1. The van der Waals surface area contributed by atoms with Gasteiger partial charge in [0.1, 0.15) is 5.75 Å². The molecule has 2 heterocycles. The number of amides is 1. The highest BCUT2D eigenvalue weighted by Gasteiger charge is 2.55. The number of carbonyl (C=O) groups excluding carboxylic acids is 1. The molecule has 0 aromatic heterocycles. The Morgan fingerprint density at radius 1 is 1.12 bits per heavy atom. The average molecular weight is 621 g/mol. The van der Waals surface area contributed by atoms with Gasteiger partial charge in [-0.25, -0.2) is 4.99 Å². The summed E-state index contributed by atoms with van der Waals surface area (Å²) in [6.07, 6.45) is -0.0984. The molecular formula is C30H30BrN5O5. The molecule has 1 saturated heterocycles. The van der Waals surface area contributed by atoms with Crippen molar-refractivity contribution >= 4 is 33.4 Å². The second-order valence-corrected chi connectivity index (χ2v) is 10.6. The Balaban J connectivity index is 1.64. The van der Waals surface area contributed by atoms with Crippen molar-refractivity contribution in [1.29, 1.82) is 0 Å². The van der Waals surface area contributed by atoms with Crippen LogP contribution in [0.1, 0.15) is 29.2 Å². The van der Waals surface area contributed by atoms with E-state index in [0.29, 0.717) is 67.8 Å². The molecule has 2 aliphatic heterocycles. The molecule has 0 bridgehead atoms. The first-order chi connectivity index (χ1) is 20.1. The third-order valence-corrected chi connectivity index (χ3v) is 7.87. The normalized spacial score (nSPS) is 20.1. The molecule has 1 amide bonds. The zero-order chi connectivity index (χ0) is 28.7. The maximum Gasteiger partial charge on any atom is 0.255 e. The van der Waals surface area contributed by atoms with Crippen LogP contribution in [0.15, 0.2) is 87.4 Å². The number of hydrogen-bond donors (Lipinski definition) is 1. The number of hydrogen-bond acceptors (Lipinski definition) is 7. The summed E-state index contributed by atoms with van der Waals surface area (Å²) >= 11 is 3.65. The molecule has 1 fully saturated rings. The minimum Gasteiger partial charge on any atom is -0.494 e. The van der Waals surface area contributed by atoms with Crippen molar-refractivity contribution in [3.63, 3.8) is 0 Å². The fourth-order valence-electron chi connectivity index (χ4n) is 5.07. The van der Waals surface area contributed by atoms with Crippen molar-refractivity contribution in [2.45, 2.75) is 24.5 Å². The predicted octanol–water partition coefficient (Wildman–Crippen LogP) is 5.51. The van der Waals surface area contributed by atoms with Crippen LogP contribution >= 0.6 is 15.9 Å². The molecule has 2 aliphatic rings. The highest BCUT2D eigenvalue weighted by atomic mass is 79.9. The molecule has 11 heteroatoms. The van der Waals surface area contributed by atoms with Crippen LogP contribution in [-0.2, 0) is 20.7 Å². The number of carbonyl (C=O) groups is 1. The highest BCUT2D eigenvalue weighted by Crippen LogP contribution is 2.46. The number of azide groups is 1. The van der Waals surface area contributed by atoms with E-state index >= 15 is 0 Å². The summed E-state index contributed by atoms with van der Waals surface area (Å²) in [7, 11) is 0. The smallest absolute Gasteiger partial charge is 0.255 e. The van der Waals surface area contributed by atoms with Gasteiger partial charge in [-0.15, -0.1) is 0 Å². The lowest BCUT2D eigenvalue weighted by Gasteiger charge is -2.37. The fraction of sp³-hybridized carbons (Fsp3) is 0.333. The molecule has 0 spiro atoms. The lowest BCUT2D eigenvalue weighted by atomic mass is 9.81. The number of rotatable bonds is 10. The first-order valence-corrected chi connectivity index (χ1v) is 14.2. The van der Waals surface area contributed by atoms with Crippen molar-refractivity contribution in [3.8, 4) is 5.75 Å². The van der Waals surface area contributed by atoms with Crippen LogP contribution in [0.2, 0.25) is 0 Å². The zero-order valence-corrected chi connectivity index (χ0v) is 23.9. The Bertz CT molecular complexity index is 1450. The number of ether oxygens (including phenoxy) is 3. The Morgan fingerprint density at radius 2 is 1.85 bits per heavy atom. The van der Waals surface area contributed by atoms with Crippen LogP contribution < -0.4 is 4.74 Å². The van der Waals surface area contributed by atoms with Gasteiger partial charge in [0, 0.05) is 58.7 Å². The summed E-state index contributed by atoms with van der Waals surface area (Å²) in [5.41, 5.74) is 10.4. The predicted molar refractivity (Wildman–Crippen MR) is 157 cm³/mol. The minimum atomic E-state index is -1.39. The van der Waals surface area contributed by atoms with Crippen LogP contribution in [0, 0.1) is 0 Å². The van der Waals surface area contributed by atoms with Crippen LogP contribution in [0.25, 0.3) is 10.4 Å². The summed E-state index contributed by atoms with van der Waals surface area (Å²) in [6.45, 7) is 2.20. The van der Waals surface area contributed by atoms with Gasteiger partial charge in [-0.2, -0.15) is 0 Å². The van der Waals surface area contributed by atoms with Gasteiger partial charge in [0.2, 0.25) is 5.90 Å². The van der Waals surface area contributed by atoms with E-state index in [1.807, 2.05) is 48.5 Å². The van der Waals surface area contributed by atoms with Gasteiger partial charge >= 0.3 is 0 Å². The third kappa shape index (κ3) is 6.23. The SMILES string of the molecule is [N-]=[N+]=Nc1ccccc1[C@H]1OC(c2ccc(OCCCO)cc2)=N[C@@]1(Cc1ccccc1Br)C(=O)N1CCOCC1. The van der Waals surface area contributed by atoms with E-state index in [2.05, 4.69) is 26.0 Å². The monoisotopic (exact) mass is 619 g/mol.